The van der Waals surface area contributed by atoms with E-state index in [1.807, 2.05) is 23.1 Å². The zero-order chi connectivity index (χ0) is 14.1. The quantitative estimate of drug-likeness (QED) is 0.848. The molecule has 0 saturated carbocycles. The van der Waals surface area contributed by atoms with Crippen molar-refractivity contribution in [2.45, 2.75) is 6.04 Å². The predicted molar refractivity (Wildman–Crippen MR) is 84.3 cm³/mol. The largest absolute Gasteiger partial charge is 0.374 e. The third kappa shape index (κ3) is 2.68. The Morgan fingerprint density at radius 3 is 3.10 bits per heavy atom. The van der Waals surface area contributed by atoms with Crippen molar-refractivity contribution in [3.05, 3.63) is 22.7 Å². The first-order valence-corrected chi connectivity index (χ1v) is 7.69. The first-order valence-electron chi connectivity index (χ1n) is 6.90. The van der Waals surface area contributed by atoms with E-state index in [2.05, 4.69) is 38.5 Å². The molecule has 2 aliphatic rings. The van der Waals surface area contributed by atoms with Crippen LogP contribution < -0.4 is 15.5 Å². The summed E-state index contributed by atoms with van der Waals surface area (Å²) in [6.07, 6.45) is 0. The number of hydrogen-bond donors (Lipinski definition) is 2. The molecule has 1 amide bonds. The minimum Gasteiger partial charge on any atom is -0.374 e. The number of benzene rings is 1. The summed E-state index contributed by atoms with van der Waals surface area (Å²) in [6.45, 7) is 4.08. The van der Waals surface area contributed by atoms with Gasteiger partial charge in [0.25, 0.3) is 0 Å². The van der Waals surface area contributed by atoms with Crippen LogP contribution in [-0.4, -0.2) is 56.6 Å². The fraction of sp³-hybridized carbons (Fsp3) is 0.500. The number of anilines is 2. The van der Waals surface area contributed by atoms with E-state index in [0.29, 0.717) is 12.6 Å². The number of nitrogens with zero attached hydrogens (tertiary/aromatic N) is 2. The molecule has 2 aliphatic heterocycles. The summed E-state index contributed by atoms with van der Waals surface area (Å²) in [5.41, 5.74) is 1.99. The minimum absolute atomic E-state index is 0.138. The van der Waals surface area contributed by atoms with E-state index in [9.17, 15) is 4.79 Å². The molecule has 6 heteroatoms. The predicted octanol–water partition coefficient (Wildman–Crippen LogP) is 1.11. The molecule has 20 heavy (non-hydrogen) atoms. The SMILES string of the molecule is CN1CCNCC1CN1C(=O)CNc2cc(Br)ccc21. The molecule has 1 aromatic carbocycles. The second kappa shape index (κ2) is 5.71. The van der Waals surface area contributed by atoms with Gasteiger partial charge in [-0.25, -0.2) is 0 Å². The van der Waals surface area contributed by atoms with Gasteiger partial charge in [-0.1, -0.05) is 15.9 Å². The summed E-state index contributed by atoms with van der Waals surface area (Å²) in [7, 11) is 2.13. The summed E-state index contributed by atoms with van der Waals surface area (Å²) < 4.78 is 1.02. The number of amides is 1. The standard InChI is InChI=1S/C14H19BrN4O/c1-18-5-4-16-7-11(18)9-19-13-3-2-10(15)6-12(13)17-8-14(19)20/h2-3,6,11,16-17H,4-5,7-9H2,1H3. The summed E-state index contributed by atoms with van der Waals surface area (Å²) in [5.74, 6) is 0.138. The van der Waals surface area contributed by atoms with Crippen molar-refractivity contribution in [3.63, 3.8) is 0 Å². The lowest BCUT2D eigenvalue weighted by Crippen LogP contribution is -2.56. The molecule has 108 valence electrons. The van der Waals surface area contributed by atoms with Crippen molar-refractivity contribution >= 4 is 33.2 Å². The number of hydrogen-bond acceptors (Lipinski definition) is 4. The molecule has 1 unspecified atom stereocenters. The number of rotatable bonds is 2. The summed E-state index contributed by atoms with van der Waals surface area (Å²) >= 11 is 3.47. The first-order chi connectivity index (χ1) is 9.65. The molecule has 0 bridgehead atoms. The summed E-state index contributed by atoms with van der Waals surface area (Å²) in [5, 5.41) is 6.58. The van der Waals surface area contributed by atoms with Crippen LogP contribution in [0.15, 0.2) is 22.7 Å². The maximum Gasteiger partial charge on any atom is 0.246 e. The van der Waals surface area contributed by atoms with Gasteiger partial charge in [-0.2, -0.15) is 0 Å². The van der Waals surface area contributed by atoms with Crippen LogP contribution in [0.4, 0.5) is 11.4 Å². The smallest absolute Gasteiger partial charge is 0.246 e. The molecule has 5 nitrogen and oxygen atoms in total. The number of carbonyl (C=O) groups is 1. The van der Waals surface area contributed by atoms with Crippen molar-refractivity contribution in [1.82, 2.24) is 10.2 Å². The van der Waals surface area contributed by atoms with Crippen molar-refractivity contribution in [2.24, 2.45) is 0 Å². The Morgan fingerprint density at radius 1 is 1.45 bits per heavy atom. The van der Waals surface area contributed by atoms with Crippen molar-refractivity contribution in [2.75, 3.05) is 50.0 Å². The van der Waals surface area contributed by atoms with Gasteiger partial charge < -0.3 is 15.5 Å². The first kappa shape index (κ1) is 13.9. The molecule has 3 rings (SSSR count). The highest BCUT2D eigenvalue weighted by Crippen LogP contribution is 2.32. The van der Waals surface area contributed by atoms with Crippen LogP contribution in [0.2, 0.25) is 0 Å². The maximum absolute atomic E-state index is 12.2. The molecule has 1 aromatic rings. The molecule has 0 radical (unpaired) electrons. The molecule has 1 fully saturated rings. The summed E-state index contributed by atoms with van der Waals surface area (Å²) in [6, 6.07) is 6.37. The molecule has 0 spiro atoms. The lowest BCUT2D eigenvalue weighted by molar-refractivity contribution is -0.117. The highest BCUT2D eigenvalue weighted by Gasteiger charge is 2.28. The Morgan fingerprint density at radius 2 is 2.30 bits per heavy atom. The molecular formula is C14H19BrN4O. The van der Waals surface area contributed by atoms with Gasteiger partial charge in [-0.05, 0) is 25.2 Å². The maximum atomic E-state index is 12.2. The highest BCUT2D eigenvalue weighted by molar-refractivity contribution is 9.10. The Hall–Kier alpha value is -1.11. The van der Waals surface area contributed by atoms with Gasteiger partial charge in [-0.3, -0.25) is 9.69 Å². The average Bonchev–Trinajstić information content (AvgIpc) is 2.44. The topological polar surface area (TPSA) is 47.6 Å². The molecule has 2 heterocycles. The fourth-order valence-electron chi connectivity index (χ4n) is 2.76. The van der Waals surface area contributed by atoms with Gasteiger partial charge in [0.1, 0.15) is 0 Å². The summed E-state index contributed by atoms with van der Waals surface area (Å²) in [4.78, 5) is 16.5. The second-order valence-electron chi connectivity index (χ2n) is 5.36. The Labute approximate surface area is 127 Å². The fourth-order valence-corrected chi connectivity index (χ4v) is 3.12. The number of piperazine rings is 1. The number of likely N-dealkylation sites (N-methyl/N-ethyl adjacent to an activating group) is 1. The van der Waals surface area contributed by atoms with E-state index in [1.54, 1.807) is 0 Å². The van der Waals surface area contributed by atoms with E-state index in [0.717, 1.165) is 42.0 Å². The second-order valence-corrected chi connectivity index (χ2v) is 6.27. The van der Waals surface area contributed by atoms with Gasteiger partial charge >= 0.3 is 0 Å². The molecule has 0 aliphatic carbocycles. The molecular weight excluding hydrogens is 320 g/mol. The van der Waals surface area contributed by atoms with Crippen molar-refractivity contribution in [3.8, 4) is 0 Å². The van der Waals surface area contributed by atoms with Gasteiger partial charge in [0.15, 0.2) is 0 Å². The number of carbonyl (C=O) groups excluding carboxylic acids is 1. The molecule has 1 saturated heterocycles. The molecule has 2 N–H and O–H groups in total. The normalized spacial score (nSPS) is 23.4. The number of nitrogens with one attached hydrogen (secondary N) is 2. The van der Waals surface area contributed by atoms with Crippen LogP contribution in [0.25, 0.3) is 0 Å². The average molecular weight is 339 g/mol. The molecule has 0 aromatic heterocycles. The van der Waals surface area contributed by atoms with E-state index < -0.39 is 0 Å². The van der Waals surface area contributed by atoms with Gasteiger partial charge in [0.05, 0.1) is 17.9 Å². The number of halogens is 1. The van der Waals surface area contributed by atoms with Crippen LogP contribution >= 0.6 is 15.9 Å². The van der Waals surface area contributed by atoms with Crippen LogP contribution in [0.3, 0.4) is 0 Å². The van der Waals surface area contributed by atoms with Gasteiger partial charge in [-0.15, -0.1) is 0 Å². The highest BCUT2D eigenvalue weighted by atomic mass is 79.9. The third-order valence-electron chi connectivity index (χ3n) is 4.02. The van der Waals surface area contributed by atoms with Gasteiger partial charge in [0.2, 0.25) is 5.91 Å². The van der Waals surface area contributed by atoms with Crippen molar-refractivity contribution < 1.29 is 4.79 Å². The van der Waals surface area contributed by atoms with E-state index in [-0.39, 0.29) is 5.91 Å². The van der Waals surface area contributed by atoms with E-state index in [4.69, 9.17) is 0 Å². The Balaban J connectivity index is 1.83. The Bertz CT molecular complexity index is 522. The van der Waals surface area contributed by atoms with Crippen LogP contribution in [0, 0.1) is 0 Å². The third-order valence-corrected chi connectivity index (χ3v) is 4.51. The van der Waals surface area contributed by atoms with E-state index in [1.165, 1.54) is 0 Å². The van der Waals surface area contributed by atoms with Crippen LogP contribution in [-0.2, 0) is 4.79 Å². The van der Waals surface area contributed by atoms with Crippen molar-refractivity contribution in [1.29, 1.82) is 0 Å². The lowest BCUT2D eigenvalue weighted by Gasteiger charge is -2.38. The van der Waals surface area contributed by atoms with Crippen LogP contribution in [0.5, 0.6) is 0 Å². The molecule has 1 atom stereocenters. The van der Waals surface area contributed by atoms with E-state index >= 15 is 0 Å². The number of fused-ring (bicyclic) bond motifs is 1. The zero-order valence-corrected chi connectivity index (χ0v) is 13.1. The minimum atomic E-state index is 0.138. The lowest BCUT2D eigenvalue weighted by atomic mass is 10.1. The monoisotopic (exact) mass is 338 g/mol. The van der Waals surface area contributed by atoms with Gasteiger partial charge in [0, 0.05) is 36.7 Å². The zero-order valence-electron chi connectivity index (χ0n) is 11.5. The Kier molecular flexibility index (Phi) is 3.96. The van der Waals surface area contributed by atoms with Crippen LogP contribution in [0.1, 0.15) is 0 Å².